The van der Waals surface area contributed by atoms with Gasteiger partial charge >= 0.3 is 0 Å². The Morgan fingerprint density at radius 1 is 1.44 bits per heavy atom. The van der Waals surface area contributed by atoms with Crippen LogP contribution in [0.15, 0.2) is 32.1 Å². The molecule has 0 saturated heterocycles. The maximum absolute atomic E-state index is 4.83. The van der Waals surface area contributed by atoms with Gasteiger partial charge in [0.2, 0.25) is 0 Å². The Labute approximate surface area is 129 Å². The van der Waals surface area contributed by atoms with Gasteiger partial charge in [-0.15, -0.1) is 0 Å². The van der Waals surface area contributed by atoms with Crippen molar-refractivity contribution in [2.75, 3.05) is 11.1 Å². The molecule has 2 nitrogen and oxygen atoms in total. The van der Waals surface area contributed by atoms with E-state index < -0.39 is 0 Å². The lowest BCUT2D eigenvalue weighted by Crippen LogP contribution is -2.29. The second-order valence-electron chi connectivity index (χ2n) is 4.62. The number of nitrogens with zero attached hydrogens (tertiary/aromatic N) is 1. The SMILES string of the molecule is CCC1(C)CCSC(Nc2ccc(Br)cc2Br)=N1. The number of nitrogens with one attached hydrogen (secondary N) is 1. The lowest BCUT2D eigenvalue weighted by Gasteiger charge is -2.29. The molecular formula is C13H16Br2N2S. The third-order valence-corrected chi connectivity index (χ3v) is 5.21. The van der Waals surface area contributed by atoms with Crippen LogP contribution in [0.1, 0.15) is 26.7 Å². The largest absolute Gasteiger partial charge is 0.334 e. The lowest BCUT2D eigenvalue weighted by molar-refractivity contribution is 0.443. The molecule has 0 spiro atoms. The summed E-state index contributed by atoms with van der Waals surface area (Å²) in [5.41, 5.74) is 1.15. The van der Waals surface area contributed by atoms with Crippen LogP contribution in [0.25, 0.3) is 0 Å². The summed E-state index contributed by atoms with van der Waals surface area (Å²) < 4.78 is 2.11. The maximum atomic E-state index is 4.83. The average Bonchev–Trinajstić information content (AvgIpc) is 2.33. The van der Waals surface area contributed by atoms with Crippen molar-refractivity contribution in [3.8, 4) is 0 Å². The van der Waals surface area contributed by atoms with Gasteiger partial charge in [-0.25, -0.2) is 0 Å². The van der Waals surface area contributed by atoms with Crippen LogP contribution in [0.3, 0.4) is 0 Å². The molecule has 1 aromatic rings. The molecule has 5 heteroatoms. The topological polar surface area (TPSA) is 24.4 Å². The third-order valence-electron chi connectivity index (χ3n) is 3.19. The van der Waals surface area contributed by atoms with E-state index in [1.807, 2.05) is 12.1 Å². The van der Waals surface area contributed by atoms with E-state index in [0.29, 0.717) is 0 Å². The Morgan fingerprint density at radius 2 is 2.22 bits per heavy atom. The number of amidine groups is 1. The summed E-state index contributed by atoms with van der Waals surface area (Å²) in [6.07, 6.45) is 2.24. The molecule has 0 bridgehead atoms. The van der Waals surface area contributed by atoms with E-state index in [1.165, 1.54) is 0 Å². The van der Waals surface area contributed by atoms with E-state index in [1.54, 1.807) is 11.8 Å². The monoisotopic (exact) mass is 390 g/mol. The van der Waals surface area contributed by atoms with Crippen molar-refractivity contribution in [1.29, 1.82) is 0 Å². The van der Waals surface area contributed by atoms with Gasteiger partial charge in [0.1, 0.15) is 0 Å². The van der Waals surface area contributed by atoms with Gasteiger partial charge in [0.05, 0.1) is 11.2 Å². The first-order chi connectivity index (χ1) is 8.52. The molecule has 1 aliphatic rings. The van der Waals surface area contributed by atoms with Gasteiger partial charge < -0.3 is 5.32 Å². The minimum atomic E-state index is 0.0927. The number of aliphatic imine (C=N–C) groups is 1. The first-order valence-electron chi connectivity index (χ1n) is 5.97. The Hall–Kier alpha value is -0.0000000000000000555. The van der Waals surface area contributed by atoms with Gasteiger partial charge in [0, 0.05) is 14.7 Å². The highest BCUT2D eigenvalue weighted by Crippen LogP contribution is 2.32. The maximum Gasteiger partial charge on any atom is 0.161 e. The molecule has 2 rings (SSSR count). The number of hydrogen-bond donors (Lipinski definition) is 1. The summed E-state index contributed by atoms with van der Waals surface area (Å²) >= 11 is 8.82. The minimum Gasteiger partial charge on any atom is -0.334 e. The highest BCUT2D eigenvalue weighted by atomic mass is 79.9. The van der Waals surface area contributed by atoms with Gasteiger partial charge in [0.15, 0.2) is 5.17 Å². The molecular weight excluding hydrogens is 376 g/mol. The molecule has 98 valence electrons. The van der Waals surface area contributed by atoms with Crippen LogP contribution >= 0.6 is 43.6 Å². The van der Waals surface area contributed by atoms with Gasteiger partial charge in [-0.1, -0.05) is 34.6 Å². The number of benzene rings is 1. The van der Waals surface area contributed by atoms with Crippen LogP contribution in [-0.4, -0.2) is 16.5 Å². The highest BCUT2D eigenvalue weighted by Gasteiger charge is 2.26. The fraction of sp³-hybridized carbons (Fsp3) is 0.462. The summed E-state index contributed by atoms with van der Waals surface area (Å²) in [5, 5.41) is 4.43. The van der Waals surface area contributed by atoms with Crippen LogP contribution in [0.2, 0.25) is 0 Å². The number of halogens is 2. The normalized spacial score (nSPS) is 23.7. The quantitative estimate of drug-likeness (QED) is 0.740. The van der Waals surface area contributed by atoms with Gasteiger partial charge in [-0.2, -0.15) is 0 Å². The van der Waals surface area contributed by atoms with E-state index in [9.17, 15) is 0 Å². The van der Waals surface area contributed by atoms with Crippen molar-refractivity contribution in [3.05, 3.63) is 27.1 Å². The molecule has 0 fully saturated rings. The fourth-order valence-corrected chi connectivity index (χ4v) is 4.08. The van der Waals surface area contributed by atoms with Crippen molar-refractivity contribution in [2.45, 2.75) is 32.2 Å². The van der Waals surface area contributed by atoms with Crippen molar-refractivity contribution in [1.82, 2.24) is 0 Å². The van der Waals surface area contributed by atoms with Crippen molar-refractivity contribution < 1.29 is 0 Å². The summed E-state index contributed by atoms with van der Waals surface area (Å²) in [7, 11) is 0. The molecule has 0 saturated carbocycles. The number of thioether (sulfide) groups is 1. The Bertz CT molecular complexity index is 476. The molecule has 0 aromatic heterocycles. The molecule has 1 N–H and O–H groups in total. The zero-order valence-corrected chi connectivity index (χ0v) is 14.5. The minimum absolute atomic E-state index is 0.0927. The van der Waals surface area contributed by atoms with Crippen LogP contribution in [0.4, 0.5) is 5.69 Å². The Kier molecular flexibility index (Phi) is 4.78. The van der Waals surface area contributed by atoms with Crippen molar-refractivity contribution in [3.63, 3.8) is 0 Å². The van der Waals surface area contributed by atoms with E-state index in [0.717, 1.165) is 38.4 Å². The zero-order chi connectivity index (χ0) is 13.2. The smallest absolute Gasteiger partial charge is 0.161 e. The molecule has 18 heavy (non-hydrogen) atoms. The van der Waals surface area contributed by atoms with Crippen molar-refractivity contribution in [2.24, 2.45) is 4.99 Å². The summed E-state index contributed by atoms with van der Waals surface area (Å²) in [5.74, 6) is 1.13. The van der Waals surface area contributed by atoms with E-state index in [-0.39, 0.29) is 5.54 Å². The molecule has 1 atom stereocenters. The Morgan fingerprint density at radius 3 is 2.89 bits per heavy atom. The second-order valence-corrected chi connectivity index (χ2v) is 7.47. The molecule has 1 aliphatic heterocycles. The van der Waals surface area contributed by atoms with Crippen LogP contribution in [-0.2, 0) is 0 Å². The van der Waals surface area contributed by atoms with Crippen molar-refractivity contribution >= 4 is 54.5 Å². The van der Waals surface area contributed by atoms with E-state index in [2.05, 4.69) is 57.1 Å². The van der Waals surface area contributed by atoms with E-state index in [4.69, 9.17) is 4.99 Å². The summed E-state index contributed by atoms with van der Waals surface area (Å²) in [6.45, 7) is 4.43. The molecule has 1 heterocycles. The molecule has 1 unspecified atom stereocenters. The second kappa shape index (κ2) is 5.97. The number of hydrogen-bond acceptors (Lipinski definition) is 3. The molecule has 0 amide bonds. The van der Waals surface area contributed by atoms with Crippen LogP contribution in [0, 0.1) is 0 Å². The number of anilines is 1. The predicted molar refractivity (Wildman–Crippen MR) is 88.7 cm³/mol. The number of rotatable bonds is 2. The lowest BCUT2D eigenvalue weighted by atomic mass is 9.97. The molecule has 0 aliphatic carbocycles. The first-order valence-corrected chi connectivity index (χ1v) is 8.54. The Balaban J connectivity index is 2.18. The summed E-state index contributed by atoms with van der Waals surface area (Å²) in [4.78, 5) is 4.83. The average molecular weight is 392 g/mol. The van der Waals surface area contributed by atoms with Crippen LogP contribution < -0.4 is 5.32 Å². The van der Waals surface area contributed by atoms with Gasteiger partial charge in [0.25, 0.3) is 0 Å². The molecule has 0 radical (unpaired) electrons. The molecule has 1 aromatic carbocycles. The van der Waals surface area contributed by atoms with Gasteiger partial charge in [-0.3, -0.25) is 4.99 Å². The van der Waals surface area contributed by atoms with Gasteiger partial charge in [-0.05, 0) is 53.9 Å². The predicted octanol–water partition coefficient (Wildman–Crippen LogP) is 5.29. The third kappa shape index (κ3) is 3.52. The fourth-order valence-electron chi connectivity index (χ4n) is 1.73. The van der Waals surface area contributed by atoms with E-state index >= 15 is 0 Å². The zero-order valence-electron chi connectivity index (χ0n) is 10.5. The summed E-state index contributed by atoms with van der Waals surface area (Å²) in [6, 6.07) is 6.12. The highest BCUT2D eigenvalue weighted by molar-refractivity contribution is 9.11. The van der Waals surface area contributed by atoms with Crippen LogP contribution in [0.5, 0.6) is 0 Å². The standard InChI is InChI=1S/C13H16Br2N2S/c1-3-13(2)6-7-18-12(17-13)16-11-5-4-9(14)8-10(11)15/h4-5,8H,3,6-7H2,1-2H3,(H,16,17). The first kappa shape index (κ1) is 14.4.